The van der Waals surface area contributed by atoms with Gasteiger partial charge in [0.05, 0.1) is 6.20 Å². The van der Waals surface area contributed by atoms with Crippen LogP contribution in [0.2, 0.25) is 0 Å². The number of aromatic nitrogens is 3. The minimum Gasteiger partial charge on any atom is -0.386 e. The summed E-state index contributed by atoms with van der Waals surface area (Å²) in [6, 6.07) is 0. The van der Waals surface area contributed by atoms with Crippen molar-refractivity contribution in [1.82, 2.24) is 20.4 Å². The third-order valence-corrected chi connectivity index (χ3v) is 4.95. The average molecular weight is 343 g/mol. The van der Waals surface area contributed by atoms with Crippen molar-refractivity contribution < 1.29 is 14.4 Å². The van der Waals surface area contributed by atoms with Crippen molar-refractivity contribution in [3.05, 3.63) is 35.6 Å². The lowest BCUT2D eigenvalue weighted by Crippen LogP contribution is -2.45. The van der Waals surface area contributed by atoms with E-state index in [1.165, 1.54) is 0 Å². The third-order valence-electron chi connectivity index (χ3n) is 4.95. The van der Waals surface area contributed by atoms with Crippen LogP contribution >= 0.6 is 0 Å². The van der Waals surface area contributed by atoms with Crippen LogP contribution in [0.5, 0.6) is 0 Å². The molecular formula is C17H21N5O3. The van der Waals surface area contributed by atoms with Gasteiger partial charge in [0.15, 0.2) is 5.69 Å². The van der Waals surface area contributed by atoms with Gasteiger partial charge in [-0.3, -0.25) is 9.78 Å². The van der Waals surface area contributed by atoms with E-state index in [9.17, 15) is 9.90 Å². The number of carbonyl (C=O) groups excluding carboxylic acids is 1. The van der Waals surface area contributed by atoms with Crippen molar-refractivity contribution in [2.24, 2.45) is 0 Å². The first-order chi connectivity index (χ1) is 12.1. The Labute approximate surface area is 145 Å². The number of rotatable bonds is 4. The highest BCUT2D eigenvalue weighted by atomic mass is 16.5. The van der Waals surface area contributed by atoms with Crippen LogP contribution in [0.3, 0.4) is 0 Å². The van der Waals surface area contributed by atoms with Crippen molar-refractivity contribution in [3.8, 4) is 0 Å². The molecule has 8 heteroatoms. The quantitative estimate of drug-likeness (QED) is 0.842. The summed E-state index contributed by atoms with van der Waals surface area (Å²) >= 11 is 0. The van der Waals surface area contributed by atoms with Crippen LogP contribution in [0, 0.1) is 0 Å². The fraction of sp³-hybridized carbons (Fsp3) is 0.529. The molecule has 25 heavy (non-hydrogen) atoms. The molecule has 1 atom stereocenters. The third kappa shape index (κ3) is 3.21. The second-order valence-electron chi connectivity index (χ2n) is 6.78. The van der Waals surface area contributed by atoms with Crippen LogP contribution in [0.15, 0.2) is 23.1 Å². The second kappa shape index (κ2) is 6.44. The van der Waals surface area contributed by atoms with Crippen molar-refractivity contribution in [2.75, 3.05) is 24.5 Å². The molecule has 2 aliphatic rings. The lowest BCUT2D eigenvalue weighted by atomic mass is 9.96. The monoisotopic (exact) mass is 343 g/mol. The van der Waals surface area contributed by atoms with Gasteiger partial charge in [-0.1, -0.05) is 5.16 Å². The minimum absolute atomic E-state index is 0.171. The highest BCUT2D eigenvalue weighted by Crippen LogP contribution is 2.26. The van der Waals surface area contributed by atoms with Crippen molar-refractivity contribution in [3.63, 3.8) is 0 Å². The number of carbonyl (C=O) groups is 1. The molecule has 1 saturated heterocycles. The summed E-state index contributed by atoms with van der Waals surface area (Å²) in [4.78, 5) is 22.7. The van der Waals surface area contributed by atoms with Gasteiger partial charge >= 0.3 is 0 Å². The number of aryl methyl sites for hydroxylation is 1. The number of amides is 1. The predicted molar refractivity (Wildman–Crippen MR) is 89.3 cm³/mol. The number of anilines is 1. The van der Waals surface area contributed by atoms with Gasteiger partial charge in [-0.05, 0) is 25.7 Å². The standard InChI is InChI=1S/C17H21N5O3/c23-16(15-12-3-1-2-4-13(12)25-21-15)20-10-17(24)5-8-22(11-17)14-9-18-6-7-19-14/h6-7,9,24H,1-5,8,10-11H2,(H,20,23)/t17-/m0/s1. The van der Waals surface area contributed by atoms with E-state index in [-0.39, 0.29) is 12.5 Å². The zero-order chi connectivity index (χ0) is 17.3. The Hall–Kier alpha value is -2.48. The van der Waals surface area contributed by atoms with Crippen LogP contribution in [0.25, 0.3) is 0 Å². The summed E-state index contributed by atoms with van der Waals surface area (Å²) in [5, 5.41) is 17.5. The zero-order valence-corrected chi connectivity index (χ0v) is 13.9. The zero-order valence-electron chi connectivity index (χ0n) is 13.9. The van der Waals surface area contributed by atoms with Gasteiger partial charge in [0.25, 0.3) is 5.91 Å². The molecule has 3 heterocycles. The highest BCUT2D eigenvalue weighted by molar-refractivity contribution is 5.93. The van der Waals surface area contributed by atoms with Gasteiger partial charge in [-0.15, -0.1) is 0 Å². The molecule has 1 fully saturated rings. The predicted octanol–water partition coefficient (Wildman–Crippen LogP) is 0.715. The Bertz CT molecular complexity index is 763. The van der Waals surface area contributed by atoms with Crippen molar-refractivity contribution in [2.45, 2.75) is 37.7 Å². The van der Waals surface area contributed by atoms with Gasteiger partial charge in [-0.2, -0.15) is 0 Å². The van der Waals surface area contributed by atoms with E-state index in [4.69, 9.17) is 4.52 Å². The summed E-state index contributed by atoms with van der Waals surface area (Å²) < 4.78 is 5.28. The van der Waals surface area contributed by atoms with Crippen LogP contribution in [-0.2, 0) is 12.8 Å². The van der Waals surface area contributed by atoms with E-state index in [1.54, 1.807) is 18.6 Å². The largest absolute Gasteiger partial charge is 0.386 e. The molecule has 0 radical (unpaired) electrons. The summed E-state index contributed by atoms with van der Waals surface area (Å²) in [5.41, 5.74) is 0.294. The number of β-amino-alcohol motifs (C(OH)–C–C–N with tert-alkyl or cyclic N) is 1. The van der Waals surface area contributed by atoms with E-state index in [0.717, 1.165) is 42.8 Å². The molecule has 4 rings (SSSR count). The molecule has 132 valence electrons. The molecule has 0 unspecified atom stereocenters. The molecular weight excluding hydrogens is 322 g/mol. The van der Waals surface area contributed by atoms with E-state index in [0.29, 0.717) is 25.2 Å². The lowest BCUT2D eigenvalue weighted by Gasteiger charge is -2.24. The Morgan fingerprint density at radius 1 is 1.36 bits per heavy atom. The van der Waals surface area contributed by atoms with Gasteiger partial charge in [0.2, 0.25) is 0 Å². The van der Waals surface area contributed by atoms with Gasteiger partial charge in [-0.25, -0.2) is 4.98 Å². The van der Waals surface area contributed by atoms with Gasteiger partial charge in [0, 0.05) is 44.0 Å². The first kappa shape index (κ1) is 16.0. The number of nitrogens with zero attached hydrogens (tertiary/aromatic N) is 4. The molecule has 0 spiro atoms. The molecule has 1 aliphatic carbocycles. The van der Waals surface area contributed by atoms with E-state index in [1.807, 2.05) is 4.90 Å². The molecule has 2 aromatic heterocycles. The van der Waals surface area contributed by atoms with E-state index < -0.39 is 5.60 Å². The molecule has 0 bridgehead atoms. The fourth-order valence-electron chi connectivity index (χ4n) is 3.54. The summed E-state index contributed by atoms with van der Waals surface area (Å²) in [5.74, 6) is 1.28. The molecule has 0 saturated carbocycles. The summed E-state index contributed by atoms with van der Waals surface area (Å²) in [6.45, 7) is 1.25. The number of nitrogens with one attached hydrogen (secondary N) is 1. The number of fused-ring (bicyclic) bond motifs is 1. The Balaban J connectivity index is 1.38. The Morgan fingerprint density at radius 3 is 3.08 bits per heavy atom. The molecule has 0 aromatic carbocycles. The van der Waals surface area contributed by atoms with Gasteiger partial charge < -0.3 is 19.8 Å². The molecule has 2 N–H and O–H groups in total. The topological polar surface area (TPSA) is 104 Å². The fourth-order valence-corrected chi connectivity index (χ4v) is 3.54. The van der Waals surface area contributed by atoms with E-state index >= 15 is 0 Å². The highest BCUT2D eigenvalue weighted by Gasteiger charge is 2.37. The van der Waals surface area contributed by atoms with Crippen LogP contribution < -0.4 is 10.2 Å². The van der Waals surface area contributed by atoms with E-state index in [2.05, 4.69) is 20.4 Å². The summed E-state index contributed by atoms with van der Waals surface area (Å²) in [7, 11) is 0. The Kier molecular flexibility index (Phi) is 4.12. The first-order valence-electron chi connectivity index (χ1n) is 8.64. The van der Waals surface area contributed by atoms with Gasteiger partial charge in [0.1, 0.15) is 17.2 Å². The first-order valence-corrected chi connectivity index (χ1v) is 8.64. The molecule has 1 aliphatic heterocycles. The summed E-state index contributed by atoms with van der Waals surface area (Å²) in [6.07, 6.45) is 9.26. The Morgan fingerprint density at radius 2 is 2.24 bits per heavy atom. The second-order valence-corrected chi connectivity index (χ2v) is 6.78. The lowest BCUT2D eigenvalue weighted by molar-refractivity contribution is 0.0572. The molecule has 2 aromatic rings. The van der Waals surface area contributed by atoms with Crippen molar-refractivity contribution in [1.29, 1.82) is 0 Å². The number of aliphatic hydroxyl groups is 1. The molecule has 1 amide bonds. The smallest absolute Gasteiger partial charge is 0.273 e. The maximum Gasteiger partial charge on any atom is 0.273 e. The molecule has 8 nitrogen and oxygen atoms in total. The average Bonchev–Trinajstić information content (AvgIpc) is 3.25. The minimum atomic E-state index is -0.989. The number of hydrogen-bond donors (Lipinski definition) is 2. The van der Waals surface area contributed by atoms with Crippen LogP contribution in [-0.4, -0.2) is 51.4 Å². The normalized spacial score (nSPS) is 22.7. The maximum absolute atomic E-state index is 12.4. The van der Waals surface area contributed by atoms with Crippen LogP contribution in [0.4, 0.5) is 5.82 Å². The van der Waals surface area contributed by atoms with Crippen molar-refractivity contribution >= 4 is 11.7 Å². The maximum atomic E-state index is 12.4. The van der Waals surface area contributed by atoms with Crippen LogP contribution in [0.1, 0.15) is 41.1 Å². The SMILES string of the molecule is O=C(NC[C@@]1(O)CCN(c2cnccn2)C1)c1noc2c1CCCC2. The number of hydrogen-bond acceptors (Lipinski definition) is 7.